The molecule has 111 heavy (non-hydrogen) atoms. The highest BCUT2D eigenvalue weighted by atomic mass is 32.2. The predicted octanol–water partition coefficient (Wildman–Crippen LogP) is -4.17. The van der Waals surface area contributed by atoms with Crippen molar-refractivity contribution < 1.29 is 131 Å². The summed E-state index contributed by atoms with van der Waals surface area (Å²) in [7, 11) is -30.7. The molecule has 2 heterocycles. The van der Waals surface area contributed by atoms with Crippen LogP contribution < -0.4 is 55.7 Å². The molecule has 0 bridgehead atoms. The molecule has 0 radical (unpaired) electrons. The fourth-order valence-electron chi connectivity index (χ4n) is 10.6. The van der Waals surface area contributed by atoms with Gasteiger partial charge in [-0.2, -0.15) is 0 Å². The van der Waals surface area contributed by atoms with Crippen molar-refractivity contribution in [1.82, 2.24) is 21.3 Å². The first-order valence-electron chi connectivity index (χ1n) is 31.3. The average molecular weight is 1620 g/mol. The minimum Gasteiger partial charge on any atom is -0.748 e. The zero-order valence-corrected chi connectivity index (χ0v) is 62.2. The zero-order valence-electron chi connectivity index (χ0n) is 57.3. The second-order valence-corrected chi connectivity index (χ2v) is 32.8. The molecule has 0 unspecified atom stereocenters. The molecular formula is C73H60N10O22S6. The van der Waals surface area contributed by atoms with E-state index in [0.717, 1.165) is 18.0 Å². The lowest BCUT2D eigenvalue weighted by Gasteiger charge is -2.34. The number of benzene rings is 6. The molecule has 0 fully saturated rings. The first kappa shape index (κ1) is 86.1. The van der Waals surface area contributed by atoms with Crippen LogP contribution in [0.3, 0.4) is 0 Å². The van der Waals surface area contributed by atoms with E-state index in [0.29, 0.717) is 115 Å². The van der Waals surface area contributed by atoms with Gasteiger partial charge in [0.25, 0.3) is 0 Å². The van der Waals surface area contributed by atoms with Gasteiger partial charge in [0.15, 0.2) is 0 Å². The molecule has 0 saturated carbocycles. The maximum absolute atomic E-state index is 11.7. The zero-order chi connectivity index (χ0) is 81.7. The Morgan fingerprint density at radius 2 is 0.721 bits per heavy atom. The molecular weight excluding hydrogens is 1560 g/mol. The van der Waals surface area contributed by atoms with Crippen LogP contribution in [0, 0.1) is 107 Å². The molecule has 6 aromatic rings. The van der Waals surface area contributed by atoms with Crippen molar-refractivity contribution in [3.05, 3.63) is 178 Å². The lowest BCUT2D eigenvalue weighted by Crippen LogP contribution is -2.49. The quantitative estimate of drug-likeness (QED) is 0.0241. The normalized spacial score (nSPS) is 16.9. The molecule has 6 aromatic carbocycles. The Morgan fingerprint density at radius 1 is 0.369 bits per heavy atom. The predicted molar refractivity (Wildman–Crippen MR) is 391 cm³/mol. The number of amides is 3. The Labute approximate surface area is 638 Å². The topological polar surface area (TPSA) is 618 Å². The van der Waals surface area contributed by atoms with Crippen molar-refractivity contribution in [3.8, 4) is 140 Å². The summed E-state index contributed by atoms with van der Waals surface area (Å²) in [5, 5.41) is -1.28. The molecule has 6 atom stereocenters. The van der Waals surface area contributed by atoms with E-state index < -0.39 is 118 Å². The van der Waals surface area contributed by atoms with E-state index in [-0.39, 0.29) is 16.7 Å². The molecule has 3 amide bonds. The van der Waals surface area contributed by atoms with E-state index in [1.165, 1.54) is 6.08 Å². The molecule has 3 aliphatic rings. The van der Waals surface area contributed by atoms with Gasteiger partial charge in [-0.3, -0.25) is 30.3 Å². The van der Waals surface area contributed by atoms with Gasteiger partial charge in [0.1, 0.15) is 85.2 Å². The van der Waals surface area contributed by atoms with Crippen molar-refractivity contribution in [2.75, 3.05) is 0 Å². The number of hydrogen-bond acceptors (Lipinski definition) is 23. The van der Waals surface area contributed by atoms with Crippen LogP contribution >= 0.6 is 0 Å². The van der Waals surface area contributed by atoms with Crippen molar-refractivity contribution in [3.63, 3.8) is 0 Å². The first-order valence-corrected chi connectivity index (χ1v) is 40.1. The van der Waals surface area contributed by atoms with Gasteiger partial charge in [-0.05, 0) is 124 Å². The number of rotatable bonds is 12. The molecule has 0 aromatic heterocycles. The van der Waals surface area contributed by atoms with Crippen LogP contribution in [0.1, 0.15) is 59.1 Å². The van der Waals surface area contributed by atoms with E-state index in [9.17, 15) is 92.2 Å². The molecule has 2 aliphatic heterocycles. The highest BCUT2D eigenvalue weighted by Gasteiger charge is 2.38. The Bertz CT molecular complexity index is 5640. The Balaban J connectivity index is 0.000000231. The Kier molecular flexibility index (Phi) is 29.3. The standard InChI is InChI=1S/C25H21N3O7S2.C24H20N4O7S2.C24H19N3O8S2/c26-21-7-8-23(20-11-18(12-22(27)15-20)3-1-2-10-28-16-29)19(14-21)6-4-17-5-9-24(36(30,31)32)25(13-17)37(33,34)35;25-20-6-7-22(19-9-16(10-21(26)13-19)3-1-2-8-27-15-29)18(12-20)5-4-17-11-23(36(30,31)32)24(28-14-17)37(33,34)35;25-20-6-7-22(19-9-16(10-21(26)13-19)3-1-2-8-27-15-28)18(12-20)5-4-17-11-23(36(29,30)31)24(35-14-17)37(32,33)34/h5,7-8,11-12,14-16,24-25H,9,13,26-27H2,(H,28,29)(H,30,31,32)(H,33,34,35);6-7,9-10,12-15,23-24,28H,11,25-26H2,(H,27,29)(H,30,31,32)(H,33,34,35);6-7,9-10,12-15,23-24H,11,25-26H2,(H,27,28)(H,29,30,31)(H,32,33,34)/t24-,25+;2*23-,24-/m011/s1. The van der Waals surface area contributed by atoms with Crippen molar-refractivity contribution in [2.45, 2.75) is 57.5 Å². The maximum Gasteiger partial charge on any atom is 0.218 e. The summed E-state index contributed by atoms with van der Waals surface area (Å²) >= 11 is 0. The lowest BCUT2D eigenvalue weighted by atomic mass is 9.95. The highest BCUT2D eigenvalue weighted by Crippen LogP contribution is 2.34. The molecule has 9 rings (SSSR count). The highest BCUT2D eigenvalue weighted by molar-refractivity contribution is 7.91. The summed E-state index contributed by atoms with van der Waals surface area (Å²) in [6.07, 6.45) is 2.63. The number of quaternary nitrogens is 6. The van der Waals surface area contributed by atoms with Crippen molar-refractivity contribution >= 4 is 114 Å². The van der Waals surface area contributed by atoms with Crippen LogP contribution in [0.5, 0.6) is 0 Å². The molecule has 0 spiro atoms. The van der Waals surface area contributed by atoms with Crippen LogP contribution in [0.25, 0.3) is 33.4 Å². The molecule has 1 aliphatic carbocycles. The molecule has 22 N–H and O–H groups in total. The smallest absolute Gasteiger partial charge is 0.218 e. The monoisotopic (exact) mass is 1620 g/mol. The van der Waals surface area contributed by atoms with E-state index in [2.05, 4.69) is 163 Å². The van der Waals surface area contributed by atoms with Gasteiger partial charge in [-0.15, -0.1) is 0 Å². The second kappa shape index (κ2) is 37.8. The minimum atomic E-state index is -5.21. The molecule has 32 nitrogen and oxygen atoms in total. The van der Waals surface area contributed by atoms with Gasteiger partial charge in [-0.1, -0.05) is 59.4 Å². The van der Waals surface area contributed by atoms with Gasteiger partial charge < -0.3 is 71.8 Å². The van der Waals surface area contributed by atoms with Crippen LogP contribution in [0.2, 0.25) is 0 Å². The third kappa shape index (κ3) is 26.0. The fourth-order valence-corrected chi connectivity index (χ4v) is 17.6. The Morgan fingerprint density at radius 3 is 1.07 bits per heavy atom. The number of ether oxygens (including phenoxy) is 1. The van der Waals surface area contributed by atoms with Gasteiger partial charge in [0.05, 0.1) is 42.2 Å². The summed E-state index contributed by atoms with van der Waals surface area (Å²) in [6, 6.07) is 38.8. The molecule has 38 heteroatoms. The van der Waals surface area contributed by atoms with Gasteiger partial charge in [-0.25, -0.2) is 50.5 Å². The van der Waals surface area contributed by atoms with Crippen LogP contribution in [0.4, 0.5) is 34.1 Å². The minimum absolute atomic E-state index is 0.0183. The first-order chi connectivity index (χ1) is 52.1. The van der Waals surface area contributed by atoms with E-state index in [1.54, 1.807) is 103 Å². The van der Waals surface area contributed by atoms with Gasteiger partial charge in [0.2, 0.25) is 24.7 Å². The average Bonchev–Trinajstić information content (AvgIpc) is 0.799. The second-order valence-electron chi connectivity index (χ2n) is 23.5. The summed E-state index contributed by atoms with van der Waals surface area (Å²) in [6.45, 7) is 0. The Hall–Kier alpha value is -12.2. The summed E-state index contributed by atoms with van der Waals surface area (Å²) in [5.41, 5.74) is 33.0. The SMILES string of the molecule is [NH3+]c1cc(C#CC#CNC=O)cc(-c2ccc([NH3+])cc2C#CC2=CC[C@H](S(=O)(=O)[O-])[C@H](S(=O)(=O)[O-])C2)c1.[NH3+]c1cc(C#CC#CNC=O)cc(-c2ccc([NH3+])cc2C#CC2=CN[C@H](S(=O)(=O)[O-])[C@H](S(=O)(=O)[O-])C2)c1.[NH3+]c1cc(C#CC#CNC=O)cc(-c2ccc([NH3+])cc2C#CC2=CO[C@H](S(=O)(=O)[O-])[C@H](S(=O)(=O)[O-])C2)c1. The number of carbonyl (C=O) groups is 3. The van der Waals surface area contributed by atoms with E-state index in [4.69, 9.17) is 4.74 Å². The van der Waals surface area contributed by atoms with Crippen LogP contribution in [0.15, 0.2) is 144 Å². The largest absolute Gasteiger partial charge is 0.748 e. The van der Waals surface area contributed by atoms with E-state index in [1.807, 2.05) is 6.07 Å². The number of hydrogen-bond donors (Lipinski definition) is 10. The third-order valence-electron chi connectivity index (χ3n) is 15.4. The summed E-state index contributed by atoms with van der Waals surface area (Å²) < 4.78 is 212. The molecule has 570 valence electrons. The van der Waals surface area contributed by atoms with Gasteiger partial charge in [0, 0.05) is 154 Å². The fraction of sp³-hybridized carbons (Fsp3) is 0.137. The number of allylic oxidation sites excluding steroid dienone is 4. The number of carbonyl (C=O) groups excluding carboxylic acids is 3. The maximum atomic E-state index is 11.7. The molecule has 0 saturated heterocycles. The number of nitrogens with one attached hydrogen (secondary N) is 4. The van der Waals surface area contributed by atoms with Crippen LogP contribution in [-0.2, 0) is 79.8 Å². The van der Waals surface area contributed by atoms with Crippen LogP contribution in [-0.4, -0.2) is 129 Å². The van der Waals surface area contributed by atoms with Crippen molar-refractivity contribution in [1.29, 1.82) is 0 Å². The van der Waals surface area contributed by atoms with Crippen molar-refractivity contribution in [2.24, 2.45) is 0 Å². The summed E-state index contributed by atoms with van der Waals surface area (Å²) in [4.78, 5) is 30.7. The third-order valence-corrected chi connectivity index (χ3v) is 22.8. The van der Waals surface area contributed by atoms with E-state index >= 15 is 0 Å². The summed E-state index contributed by atoms with van der Waals surface area (Å²) in [5.74, 6) is 40.8. The lowest BCUT2D eigenvalue weighted by molar-refractivity contribution is -0.255. The van der Waals surface area contributed by atoms with Gasteiger partial charge >= 0.3 is 0 Å².